The number of likely N-dealkylation sites (N-methyl/N-ethyl adjacent to an activating group) is 1. The monoisotopic (exact) mass is 393 g/mol. The van der Waals surface area contributed by atoms with Crippen LogP contribution in [-0.4, -0.2) is 64.5 Å². The van der Waals surface area contributed by atoms with Crippen molar-refractivity contribution in [2.75, 3.05) is 26.7 Å². The summed E-state index contributed by atoms with van der Waals surface area (Å²) in [5.74, 6) is -0.244. The maximum Gasteiger partial charge on any atom is 0.311 e. The van der Waals surface area contributed by atoms with Crippen LogP contribution in [0.15, 0.2) is 30.3 Å². The first kappa shape index (κ1) is 18.6. The second-order valence-corrected chi connectivity index (χ2v) is 8.95. The van der Waals surface area contributed by atoms with Gasteiger partial charge in [0.25, 0.3) is 5.91 Å². The highest BCUT2D eigenvalue weighted by molar-refractivity contribution is 6.06. The highest BCUT2D eigenvalue weighted by Gasteiger charge is 2.53. The van der Waals surface area contributed by atoms with Gasteiger partial charge < -0.3 is 14.9 Å². The number of carbonyl (C=O) groups excluding carboxylic acids is 1. The number of aliphatic carboxylic acids is 1. The highest BCUT2D eigenvalue weighted by Crippen LogP contribution is 2.43. The number of amides is 1. The van der Waals surface area contributed by atoms with Crippen LogP contribution in [0.1, 0.15) is 54.1 Å². The molecule has 2 atom stereocenters. The summed E-state index contributed by atoms with van der Waals surface area (Å²) >= 11 is 0. The third kappa shape index (κ3) is 3.01. The number of aromatic nitrogens is 1. The number of para-hydroxylation sites is 1. The van der Waals surface area contributed by atoms with E-state index in [0.717, 1.165) is 42.4 Å². The van der Waals surface area contributed by atoms with Crippen LogP contribution in [0.2, 0.25) is 0 Å². The summed E-state index contributed by atoms with van der Waals surface area (Å²) < 4.78 is 0. The van der Waals surface area contributed by atoms with Gasteiger partial charge in [-0.25, -0.2) is 0 Å². The number of nitrogens with zero attached hydrogens (tertiary/aromatic N) is 3. The fraction of sp³-hybridized carbons (Fsp3) is 0.522. The molecule has 3 aliphatic rings. The lowest BCUT2D eigenvalue weighted by Gasteiger charge is -2.51. The highest BCUT2D eigenvalue weighted by atomic mass is 16.4. The first-order chi connectivity index (χ1) is 14.0. The van der Waals surface area contributed by atoms with Gasteiger partial charge in [0.1, 0.15) is 0 Å². The van der Waals surface area contributed by atoms with Crippen LogP contribution in [0.4, 0.5) is 0 Å². The first-order valence-electron chi connectivity index (χ1n) is 10.6. The van der Waals surface area contributed by atoms with Crippen LogP contribution < -0.4 is 0 Å². The number of pyridine rings is 1. The van der Waals surface area contributed by atoms with Crippen molar-refractivity contribution in [1.29, 1.82) is 0 Å². The van der Waals surface area contributed by atoms with Gasteiger partial charge in [-0.3, -0.25) is 14.6 Å². The number of piperidine rings is 2. The van der Waals surface area contributed by atoms with E-state index in [1.165, 1.54) is 0 Å². The average molecular weight is 393 g/mol. The molecule has 5 rings (SSSR count). The van der Waals surface area contributed by atoms with Crippen molar-refractivity contribution in [1.82, 2.24) is 14.8 Å². The molecule has 6 nitrogen and oxygen atoms in total. The van der Waals surface area contributed by atoms with Gasteiger partial charge in [0, 0.05) is 36.1 Å². The van der Waals surface area contributed by atoms with Gasteiger partial charge >= 0.3 is 5.97 Å². The molecule has 2 saturated heterocycles. The van der Waals surface area contributed by atoms with E-state index < -0.39 is 11.4 Å². The molecule has 152 valence electrons. The molecule has 2 aliphatic heterocycles. The smallest absolute Gasteiger partial charge is 0.311 e. The Morgan fingerprint density at radius 2 is 1.97 bits per heavy atom. The topological polar surface area (TPSA) is 73.7 Å². The maximum absolute atomic E-state index is 13.6. The zero-order valence-electron chi connectivity index (χ0n) is 16.8. The first-order valence-corrected chi connectivity index (χ1v) is 10.6. The zero-order valence-corrected chi connectivity index (χ0v) is 16.8. The van der Waals surface area contributed by atoms with Crippen molar-refractivity contribution in [3.05, 3.63) is 41.6 Å². The van der Waals surface area contributed by atoms with E-state index in [4.69, 9.17) is 4.98 Å². The molecule has 1 N–H and O–H groups in total. The van der Waals surface area contributed by atoms with E-state index >= 15 is 0 Å². The molecule has 6 heteroatoms. The summed E-state index contributed by atoms with van der Waals surface area (Å²) in [7, 11) is 1.99. The molecule has 1 aliphatic carbocycles. The van der Waals surface area contributed by atoms with E-state index in [0.29, 0.717) is 37.4 Å². The van der Waals surface area contributed by atoms with E-state index in [1.807, 2.05) is 42.3 Å². The molecule has 1 amide bonds. The molecule has 0 unspecified atom stereocenters. The fourth-order valence-electron chi connectivity index (χ4n) is 5.30. The van der Waals surface area contributed by atoms with Crippen molar-refractivity contribution in [3.8, 4) is 0 Å². The number of likely N-dealkylation sites (tertiary alicyclic amines) is 2. The van der Waals surface area contributed by atoms with Gasteiger partial charge in [-0.15, -0.1) is 0 Å². The molecule has 29 heavy (non-hydrogen) atoms. The molecule has 2 aromatic rings. The lowest BCUT2D eigenvalue weighted by atomic mass is 9.68. The largest absolute Gasteiger partial charge is 0.481 e. The van der Waals surface area contributed by atoms with Crippen LogP contribution in [0.25, 0.3) is 10.9 Å². The summed E-state index contributed by atoms with van der Waals surface area (Å²) in [5, 5.41) is 10.9. The number of rotatable bonds is 3. The molecular weight excluding hydrogens is 366 g/mol. The molecule has 1 saturated carbocycles. The van der Waals surface area contributed by atoms with Crippen LogP contribution in [0.3, 0.4) is 0 Å². The minimum absolute atomic E-state index is 0.00321. The van der Waals surface area contributed by atoms with Gasteiger partial charge in [0.05, 0.1) is 16.5 Å². The van der Waals surface area contributed by atoms with Gasteiger partial charge in [-0.05, 0) is 57.8 Å². The Morgan fingerprint density at radius 1 is 1.17 bits per heavy atom. The van der Waals surface area contributed by atoms with E-state index in [1.54, 1.807) is 0 Å². The number of hydrogen-bond acceptors (Lipinski definition) is 4. The Hall–Kier alpha value is -2.47. The molecule has 1 aromatic heterocycles. The van der Waals surface area contributed by atoms with E-state index in [-0.39, 0.29) is 11.9 Å². The van der Waals surface area contributed by atoms with Gasteiger partial charge in [-0.1, -0.05) is 18.2 Å². The van der Waals surface area contributed by atoms with Crippen molar-refractivity contribution in [2.45, 2.75) is 44.1 Å². The molecular formula is C23H27N3O3. The fourth-order valence-corrected chi connectivity index (χ4v) is 5.30. The molecule has 1 aromatic carbocycles. The second-order valence-electron chi connectivity index (χ2n) is 8.95. The minimum atomic E-state index is -0.733. The second kappa shape index (κ2) is 6.80. The van der Waals surface area contributed by atoms with Crippen molar-refractivity contribution in [3.63, 3.8) is 0 Å². The molecule has 3 heterocycles. The van der Waals surface area contributed by atoms with Gasteiger partial charge in [-0.2, -0.15) is 0 Å². The quantitative estimate of drug-likeness (QED) is 0.867. The van der Waals surface area contributed by atoms with E-state index in [9.17, 15) is 14.7 Å². The van der Waals surface area contributed by atoms with Gasteiger partial charge in [0.15, 0.2) is 0 Å². The Kier molecular flexibility index (Phi) is 4.35. The standard InChI is InChI=1S/C23H27N3O3/c1-25-11-4-9-23(22(28)29)10-12-26(14-20(23)25)21(27)17-13-19(15-7-8-15)24-18-6-3-2-5-16(17)18/h2-3,5-6,13,15,20H,4,7-12,14H2,1H3,(H,28,29)/t20-,23+/m1/s1. The Labute approximate surface area is 170 Å². The summed E-state index contributed by atoms with van der Waals surface area (Å²) in [6.45, 7) is 1.84. The van der Waals surface area contributed by atoms with Crippen LogP contribution in [0, 0.1) is 5.41 Å². The van der Waals surface area contributed by atoms with Crippen LogP contribution in [0.5, 0.6) is 0 Å². The lowest BCUT2D eigenvalue weighted by Crippen LogP contribution is -2.63. The maximum atomic E-state index is 13.6. The average Bonchev–Trinajstić information content (AvgIpc) is 3.58. The van der Waals surface area contributed by atoms with Crippen molar-refractivity contribution in [2.24, 2.45) is 5.41 Å². The lowest BCUT2D eigenvalue weighted by molar-refractivity contribution is -0.161. The predicted molar refractivity (Wildman–Crippen MR) is 110 cm³/mol. The Bertz CT molecular complexity index is 986. The summed E-state index contributed by atoms with van der Waals surface area (Å²) in [5.41, 5.74) is 1.85. The number of hydrogen-bond donors (Lipinski definition) is 1. The normalized spacial score (nSPS) is 27.6. The third-order valence-corrected chi connectivity index (χ3v) is 7.20. The van der Waals surface area contributed by atoms with Crippen molar-refractivity contribution >= 4 is 22.8 Å². The third-order valence-electron chi connectivity index (χ3n) is 7.20. The number of carboxylic acids is 1. The molecule has 0 radical (unpaired) electrons. The minimum Gasteiger partial charge on any atom is -0.481 e. The summed E-state index contributed by atoms with van der Waals surface area (Å²) in [6.07, 6.45) is 4.38. The van der Waals surface area contributed by atoms with Gasteiger partial charge in [0.2, 0.25) is 0 Å². The number of carbonyl (C=O) groups is 2. The van der Waals surface area contributed by atoms with Crippen LogP contribution >= 0.6 is 0 Å². The zero-order chi connectivity index (χ0) is 20.2. The molecule has 3 fully saturated rings. The predicted octanol–water partition coefficient (Wildman–Crippen LogP) is 3.12. The van der Waals surface area contributed by atoms with Crippen molar-refractivity contribution < 1.29 is 14.7 Å². The molecule has 0 bridgehead atoms. The number of carboxylic acid groups (broad SMARTS) is 1. The van der Waals surface area contributed by atoms with Crippen LogP contribution in [-0.2, 0) is 4.79 Å². The Morgan fingerprint density at radius 3 is 2.72 bits per heavy atom. The number of benzene rings is 1. The summed E-state index contributed by atoms with van der Waals surface area (Å²) in [6, 6.07) is 9.68. The Balaban J connectivity index is 1.49. The summed E-state index contributed by atoms with van der Waals surface area (Å²) in [4.78, 5) is 34.5. The number of fused-ring (bicyclic) bond motifs is 2. The van der Waals surface area contributed by atoms with E-state index in [2.05, 4.69) is 4.90 Å². The molecule has 0 spiro atoms. The SMILES string of the molecule is CN1CCC[C@]2(C(=O)O)CCN(C(=O)c3cc(C4CC4)nc4ccccc34)C[C@@H]12.